The predicted octanol–water partition coefficient (Wildman–Crippen LogP) is 1.94. The lowest BCUT2D eigenvalue weighted by Crippen LogP contribution is -2.43. The van der Waals surface area contributed by atoms with Gasteiger partial charge in [0.2, 0.25) is 0 Å². The summed E-state index contributed by atoms with van der Waals surface area (Å²) in [6.45, 7) is -0.230. The van der Waals surface area contributed by atoms with E-state index < -0.39 is 11.8 Å². The topological polar surface area (TPSA) is 85.9 Å². The Morgan fingerprint density at radius 1 is 0.923 bits per heavy atom. The summed E-state index contributed by atoms with van der Waals surface area (Å²) in [4.78, 5) is 23.4. The summed E-state index contributed by atoms with van der Waals surface area (Å²) >= 11 is 0. The summed E-state index contributed by atoms with van der Waals surface area (Å²) in [5.41, 5.74) is 5.35. The van der Waals surface area contributed by atoms with E-state index in [-0.39, 0.29) is 6.61 Å². The number of carbonyl (C=O) groups is 2. The molecule has 0 unspecified atom stereocenters. The summed E-state index contributed by atoms with van der Waals surface area (Å²) in [5, 5.41) is 0. The van der Waals surface area contributed by atoms with Crippen molar-refractivity contribution in [1.82, 2.24) is 10.9 Å². The maximum Gasteiger partial charge on any atom is 0.276 e. The minimum atomic E-state index is -0.482. The maximum atomic E-state index is 11.7. The highest BCUT2D eigenvalue weighted by molar-refractivity contribution is 5.93. The fourth-order valence-corrected chi connectivity index (χ4v) is 1.95. The van der Waals surface area contributed by atoms with Crippen molar-refractivity contribution in [2.24, 2.45) is 0 Å². The van der Waals surface area contributed by atoms with Crippen molar-refractivity contribution in [2.75, 3.05) is 20.8 Å². The molecule has 0 aliphatic carbocycles. The molecule has 0 aromatic heterocycles. The molecule has 26 heavy (non-hydrogen) atoms. The first-order valence-corrected chi connectivity index (χ1v) is 7.78. The first-order valence-electron chi connectivity index (χ1n) is 7.78. The van der Waals surface area contributed by atoms with Crippen molar-refractivity contribution < 1.29 is 23.8 Å². The molecular weight excluding hydrogens is 336 g/mol. The van der Waals surface area contributed by atoms with Crippen LogP contribution in [0.2, 0.25) is 0 Å². The lowest BCUT2D eigenvalue weighted by Gasteiger charge is -2.08. The Bertz CT molecular complexity index is 772. The molecule has 7 heteroatoms. The Morgan fingerprint density at radius 2 is 1.62 bits per heavy atom. The van der Waals surface area contributed by atoms with Crippen LogP contribution < -0.4 is 25.1 Å². The zero-order valence-corrected chi connectivity index (χ0v) is 14.5. The standard InChI is InChI=1S/C19H20N2O5/c1-24-15-7-9-16(10-8-15)26-13-19(23)21-20-18(22)11-6-14-4-3-5-17(12-14)25-2/h3-12H,13H2,1-2H3,(H,20,22)(H,21,23). The van der Waals surface area contributed by atoms with Crippen molar-refractivity contribution in [3.8, 4) is 17.2 Å². The Hall–Kier alpha value is -3.48. The third kappa shape index (κ3) is 6.20. The second kappa shape index (κ2) is 9.73. The van der Waals surface area contributed by atoms with E-state index in [9.17, 15) is 9.59 Å². The van der Waals surface area contributed by atoms with Crippen LogP contribution in [0.1, 0.15) is 5.56 Å². The molecule has 0 saturated heterocycles. The number of benzene rings is 2. The molecule has 2 amide bonds. The van der Waals surface area contributed by atoms with Crippen molar-refractivity contribution >= 4 is 17.9 Å². The van der Waals surface area contributed by atoms with Gasteiger partial charge in [0.25, 0.3) is 11.8 Å². The summed E-state index contributed by atoms with van der Waals surface area (Å²) in [5.74, 6) is 0.952. The zero-order valence-electron chi connectivity index (χ0n) is 14.5. The minimum Gasteiger partial charge on any atom is -0.497 e. The second-order valence-corrected chi connectivity index (χ2v) is 5.11. The predicted molar refractivity (Wildman–Crippen MR) is 96.8 cm³/mol. The molecule has 0 heterocycles. The fourth-order valence-electron chi connectivity index (χ4n) is 1.95. The highest BCUT2D eigenvalue weighted by Crippen LogP contribution is 2.16. The highest BCUT2D eigenvalue weighted by Gasteiger charge is 2.04. The van der Waals surface area contributed by atoms with Crippen LogP contribution in [0.4, 0.5) is 0 Å². The molecule has 0 fully saturated rings. The van der Waals surface area contributed by atoms with E-state index in [0.717, 1.165) is 5.56 Å². The number of ether oxygens (including phenoxy) is 3. The van der Waals surface area contributed by atoms with Gasteiger partial charge in [0, 0.05) is 6.08 Å². The third-order valence-electron chi connectivity index (χ3n) is 3.28. The number of hydrazine groups is 1. The number of amides is 2. The van der Waals surface area contributed by atoms with E-state index in [1.807, 2.05) is 12.1 Å². The molecule has 0 radical (unpaired) electrons. The molecule has 2 N–H and O–H groups in total. The summed E-state index contributed by atoms with van der Waals surface area (Å²) < 4.78 is 15.4. The first kappa shape index (κ1) is 18.9. The molecule has 2 aromatic rings. The highest BCUT2D eigenvalue weighted by atomic mass is 16.5. The SMILES string of the molecule is COc1ccc(OCC(=O)NNC(=O)C=Cc2cccc(OC)c2)cc1. The average Bonchev–Trinajstić information content (AvgIpc) is 2.69. The van der Waals surface area contributed by atoms with Crippen molar-refractivity contribution in [3.05, 3.63) is 60.2 Å². The summed E-state index contributed by atoms with van der Waals surface area (Å²) in [7, 11) is 3.13. The smallest absolute Gasteiger partial charge is 0.276 e. The molecule has 0 spiro atoms. The number of carbonyl (C=O) groups excluding carboxylic acids is 2. The number of nitrogens with one attached hydrogen (secondary N) is 2. The van der Waals surface area contributed by atoms with Gasteiger partial charge in [-0.2, -0.15) is 0 Å². The monoisotopic (exact) mass is 356 g/mol. The molecular formula is C19H20N2O5. The molecule has 0 aliphatic rings. The molecule has 136 valence electrons. The van der Waals surface area contributed by atoms with Gasteiger partial charge < -0.3 is 14.2 Å². The molecule has 2 aromatic carbocycles. The van der Waals surface area contributed by atoms with Gasteiger partial charge in [0.15, 0.2) is 6.61 Å². The van der Waals surface area contributed by atoms with Crippen LogP contribution in [0.3, 0.4) is 0 Å². The first-order chi connectivity index (χ1) is 12.6. The van der Waals surface area contributed by atoms with Gasteiger partial charge >= 0.3 is 0 Å². The summed E-state index contributed by atoms with van der Waals surface area (Å²) in [6, 6.07) is 14.0. The van der Waals surface area contributed by atoms with E-state index in [1.54, 1.807) is 56.7 Å². The van der Waals surface area contributed by atoms with Crippen molar-refractivity contribution in [3.63, 3.8) is 0 Å². The number of hydrogen-bond donors (Lipinski definition) is 2. The average molecular weight is 356 g/mol. The fraction of sp³-hybridized carbons (Fsp3) is 0.158. The quantitative estimate of drug-likeness (QED) is 0.585. The molecule has 0 saturated carbocycles. The van der Waals surface area contributed by atoms with E-state index in [2.05, 4.69) is 10.9 Å². The third-order valence-corrected chi connectivity index (χ3v) is 3.28. The van der Waals surface area contributed by atoms with Gasteiger partial charge in [-0.05, 0) is 48.0 Å². The van der Waals surface area contributed by atoms with Crippen LogP contribution in [0.25, 0.3) is 6.08 Å². The van der Waals surface area contributed by atoms with Crippen LogP contribution in [0.5, 0.6) is 17.2 Å². The number of rotatable bonds is 7. The van der Waals surface area contributed by atoms with Gasteiger partial charge in [0.1, 0.15) is 17.2 Å². The van der Waals surface area contributed by atoms with E-state index in [1.165, 1.54) is 6.08 Å². The lowest BCUT2D eigenvalue weighted by molar-refractivity contribution is -0.128. The van der Waals surface area contributed by atoms with Gasteiger partial charge in [0.05, 0.1) is 14.2 Å². The lowest BCUT2D eigenvalue weighted by atomic mass is 10.2. The Morgan fingerprint density at radius 3 is 2.31 bits per heavy atom. The molecule has 0 atom stereocenters. The number of hydrogen-bond acceptors (Lipinski definition) is 5. The van der Waals surface area contributed by atoms with E-state index >= 15 is 0 Å². The maximum absolute atomic E-state index is 11.7. The molecule has 2 rings (SSSR count). The Kier molecular flexibility index (Phi) is 7.05. The van der Waals surface area contributed by atoms with Gasteiger partial charge in [-0.25, -0.2) is 0 Å². The van der Waals surface area contributed by atoms with Crippen molar-refractivity contribution in [2.45, 2.75) is 0 Å². The largest absolute Gasteiger partial charge is 0.497 e. The summed E-state index contributed by atoms with van der Waals surface area (Å²) in [6.07, 6.45) is 2.91. The van der Waals surface area contributed by atoms with E-state index in [0.29, 0.717) is 17.2 Å². The number of methoxy groups -OCH3 is 2. The normalized spacial score (nSPS) is 10.2. The van der Waals surface area contributed by atoms with E-state index in [4.69, 9.17) is 14.2 Å². The molecule has 0 bridgehead atoms. The van der Waals surface area contributed by atoms with Crippen LogP contribution in [0, 0.1) is 0 Å². The molecule has 0 aliphatic heterocycles. The van der Waals surface area contributed by atoms with Crippen LogP contribution >= 0.6 is 0 Å². The minimum absolute atomic E-state index is 0.230. The zero-order chi connectivity index (χ0) is 18.8. The van der Waals surface area contributed by atoms with Crippen molar-refractivity contribution in [1.29, 1.82) is 0 Å². The van der Waals surface area contributed by atoms with Gasteiger partial charge in [-0.1, -0.05) is 12.1 Å². The Balaban J connectivity index is 1.73. The molecule has 7 nitrogen and oxygen atoms in total. The van der Waals surface area contributed by atoms with Crippen LogP contribution in [-0.2, 0) is 9.59 Å². The van der Waals surface area contributed by atoms with Crippen LogP contribution in [0.15, 0.2) is 54.6 Å². The van der Waals surface area contributed by atoms with Gasteiger partial charge in [-0.3, -0.25) is 20.4 Å². The van der Waals surface area contributed by atoms with Crippen LogP contribution in [-0.4, -0.2) is 32.6 Å². The van der Waals surface area contributed by atoms with Gasteiger partial charge in [-0.15, -0.1) is 0 Å². The second-order valence-electron chi connectivity index (χ2n) is 5.11. The Labute approximate surface area is 151 Å².